The number of carbonyl (C=O) groups is 5. The summed E-state index contributed by atoms with van der Waals surface area (Å²) in [4.78, 5) is 65.0. The molecule has 5 atom stereocenters. The van der Waals surface area contributed by atoms with Crippen molar-refractivity contribution in [1.82, 2.24) is 16.0 Å². The van der Waals surface area contributed by atoms with Gasteiger partial charge in [-0.05, 0) is 51.0 Å². The van der Waals surface area contributed by atoms with E-state index in [0.29, 0.717) is 32.2 Å². The molecule has 13 N–H and O–H groups in total. The molecule has 5 unspecified atom stereocenters. The van der Waals surface area contributed by atoms with Crippen LogP contribution in [0.5, 0.6) is 0 Å². The number of aliphatic imine (C=N–C) groups is 1. The Morgan fingerprint density at radius 1 is 0.816 bits per heavy atom. The van der Waals surface area contributed by atoms with Gasteiger partial charge in [0.15, 0.2) is 5.96 Å². The van der Waals surface area contributed by atoms with Crippen molar-refractivity contribution in [2.75, 3.05) is 13.1 Å². The maximum absolute atomic E-state index is 13.2. The van der Waals surface area contributed by atoms with Crippen LogP contribution in [0.1, 0.15) is 65.2 Å². The van der Waals surface area contributed by atoms with Crippen molar-refractivity contribution in [2.24, 2.45) is 33.8 Å². The minimum Gasteiger partial charge on any atom is -0.481 e. The highest BCUT2D eigenvalue weighted by Gasteiger charge is 2.31. The van der Waals surface area contributed by atoms with Crippen molar-refractivity contribution in [3.63, 3.8) is 0 Å². The number of nitrogens with zero attached hydrogens (tertiary/aromatic N) is 1. The summed E-state index contributed by atoms with van der Waals surface area (Å²) >= 11 is 0. The Morgan fingerprint density at radius 3 is 1.82 bits per heavy atom. The standard InChI is InChI=1S/C23H44N8O7/c1-3-13(2)18(25)21(36)30-15(8-6-12-28-23(26)27)19(34)29-14(7-4-5-11-24)20(35)31-16(22(37)38)9-10-17(32)33/h13-16,18H,3-12,24-25H2,1-2H3,(H,29,34)(H,30,36)(H,31,35)(H,32,33)(H,37,38)(H4,26,27,28). The van der Waals surface area contributed by atoms with Gasteiger partial charge in [-0.1, -0.05) is 20.3 Å². The molecule has 0 rings (SSSR count). The Labute approximate surface area is 222 Å². The molecule has 3 amide bonds. The number of unbranched alkanes of at least 4 members (excludes halogenated alkanes) is 1. The molecule has 0 spiro atoms. The second kappa shape index (κ2) is 18.7. The number of hydrogen-bond donors (Lipinski definition) is 9. The molecule has 15 heteroatoms. The van der Waals surface area contributed by atoms with Gasteiger partial charge >= 0.3 is 11.9 Å². The monoisotopic (exact) mass is 544 g/mol. The van der Waals surface area contributed by atoms with E-state index in [4.69, 9.17) is 28.0 Å². The molecule has 0 aliphatic carbocycles. The van der Waals surface area contributed by atoms with Crippen molar-refractivity contribution < 1.29 is 34.2 Å². The highest BCUT2D eigenvalue weighted by molar-refractivity contribution is 5.94. The van der Waals surface area contributed by atoms with Gasteiger partial charge in [0, 0.05) is 13.0 Å². The van der Waals surface area contributed by atoms with Gasteiger partial charge in [-0.15, -0.1) is 0 Å². The topological polar surface area (TPSA) is 278 Å². The lowest BCUT2D eigenvalue weighted by Gasteiger charge is -2.26. The van der Waals surface area contributed by atoms with Gasteiger partial charge in [-0.2, -0.15) is 0 Å². The first-order chi connectivity index (χ1) is 17.8. The Balaban J connectivity index is 5.68. The van der Waals surface area contributed by atoms with Crippen LogP contribution in [0.25, 0.3) is 0 Å². The van der Waals surface area contributed by atoms with E-state index in [9.17, 15) is 29.1 Å². The van der Waals surface area contributed by atoms with Crippen LogP contribution in [0.4, 0.5) is 0 Å². The number of carboxylic acids is 2. The Morgan fingerprint density at radius 2 is 1.34 bits per heavy atom. The van der Waals surface area contributed by atoms with Crippen molar-refractivity contribution in [3.05, 3.63) is 0 Å². The largest absolute Gasteiger partial charge is 0.481 e. The first kappa shape index (κ1) is 34.5. The first-order valence-corrected chi connectivity index (χ1v) is 12.7. The van der Waals surface area contributed by atoms with Crippen LogP contribution in [0.3, 0.4) is 0 Å². The molecule has 0 heterocycles. The lowest BCUT2D eigenvalue weighted by Crippen LogP contribution is -2.57. The third-order valence-corrected chi connectivity index (χ3v) is 5.98. The average molecular weight is 545 g/mol. The van der Waals surface area contributed by atoms with Crippen LogP contribution in [0.15, 0.2) is 4.99 Å². The van der Waals surface area contributed by atoms with E-state index >= 15 is 0 Å². The number of hydrogen-bond acceptors (Lipinski definition) is 8. The molecule has 0 radical (unpaired) electrons. The maximum Gasteiger partial charge on any atom is 0.326 e. The van der Waals surface area contributed by atoms with Crippen molar-refractivity contribution in [3.8, 4) is 0 Å². The predicted octanol–water partition coefficient (Wildman–Crippen LogP) is -2.05. The lowest BCUT2D eigenvalue weighted by atomic mass is 9.98. The fourth-order valence-corrected chi connectivity index (χ4v) is 3.38. The number of aliphatic carboxylic acids is 2. The number of carbonyl (C=O) groups excluding carboxylic acids is 3. The van der Waals surface area contributed by atoms with Gasteiger partial charge in [-0.3, -0.25) is 24.2 Å². The highest BCUT2D eigenvalue weighted by atomic mass is 16.4. The van der Waals surface area contributed by atoms with Gasteiger partial charge in [0.05, 0.1) is 6.04 Å². The number of nitrogens with two attached hydrogens (primary N) is 4. The number of nitrogens with one attached hydrogen (secondary N) is 3. The fraction of sp³-hybridized carbons (Fsp3) is 0.739. The number of carboxylic acid groups (broad SMARTS) is 2. The van der Waals surface area contributed by atoms with Crippen molar-refractivity contribution >= 4 is 35.6 Å². The smallest absolute Gasteiger partial charge is 0.326 e. The zero-order chi connectivity index (χ0) is 29.3. The summed E-state index contributed by atoms with van der Waals surface area (Å²) in [5.74, 6) is -4.90. The molecule has 0 aliphatic rings. The van der Waals surface area contributed by atoms with Gasteiger partial charge in [0.1, 0.15) is 18.1 Å². The maximum atomic E-state index is 13.2. The number of guanidine groups is 1. The van der Waals surface area contributed by atoms with E-state index in [0.717, 1.165) is 0 Å². The summed E-state index contributed by atoms with van der Waals surface area (Å²) < 4.78 is 0. The molecule has 0 fully saturated rings. The average Bonchev–Trinajstić information content (AvgIpc) is 2.85. The first-order valence-electron chi connectivity index (χ1n) is 12.7. The van der Waals surface area contributed by atoms with Crippen LogP contribution in [-0.2, 0) is 24.0 Å². The summed E-state index contributed by atoms with van der Waals surface area (Å²) in [6, 6.07) is -4.54. The van der Waals surface area contributed by atoms with E-state index < -0.39 is 60.2 Å². The SMILES string of the molecule is CCC(C)C(N)C(=O)NC(CCCN=C(N)N)C(=O)NC(CCCCN)C(=O)NC(CCC(=O)O)C(=O)O. The van der Waals surface area contributed by atoms with E-state index in [1.165, 1.54) is 0 Å². The summed E-state index contributed by atoms with van der Waals surface area (Å²) in [5.41, 5.74) is 22.2. The minimum atomic E-state index is -1.46. The molecule has 0 saturated heterocycles. The predicted molar refractivity (Wildman–Crippen MR) is 141 cm³/mol. The molecule has 0 bridgehead atoms. The second-order valence-corrected chi connectivity index (χ2v) is 9.10. The normalized spacial score (nSPS) is 14.7. The van der Waals surface area contributed by atoms with Crippen LogP contribution in [0.2, 0.25) is 0 Å². The number of amides is 3. The van der Waals surface area contributed by atoms with E-state index in [-0.39, 0.29) is 37.7 Å². The molecule has 15 nitrogen and oxygen atoms in total. The van der Waals surface area contributed by atoms with E-state index in [1.54, 1.807) is 6.92 Å². The van der Waals surface area contributed by atoms with Crippen molar-refractivity contribution in [1.29, 1.82) is 0 Å². The fourth-order valence-electron chi connectivity index (χ4n) is 3.38. The van der Waals surface area contributed by atoms with Crippen molar-refractivity contribution in [2.45, 2.75) is 89.4 Å². The molecule has 0 aromatic heterocycles. The summed E-state index contributed by atoms with van der Waals surface area (Å²) in [6.07, 6.45) is 1.43. The third kappa shape index (κ3) is 14.3. The van der Waals surface area contributed by atoms with Gasteiger partial charge in [-0.25, -0.2) is 4.79 Å². The summed E-state index contributed by atoms with van der Waals surface area (Å²) in [7, 11) is 0. The molecule has 0 aromatic rings. The molecule has 218 valence electrons. The molecule has 0 saturated carbocycles. The van der Waals surface area contributed by atoms with Crippen LogP contribution in [0, 0.1) is 5.92 Å². The third-order valence-electron chi connectivity index (χ3n) is 5.98. The van der Waals surface area contributed by atoms with Crippen LogP contribution in [-0.4, -0.2) is 83.1 Å². The highest BCUT2D eigenvalue weighted by Crippen LogP contribution is 2.09. The van der Waals surface area contributed by atoms with Crippen LogP contribution >= 0.6 is 0 Å². The van der Waals surface area contributed by atoms with Crippen LogP contribution < -0.4 is 38.9 Å². The minimum absolute atomic E-state index is 0.124. The van der Waals surface area contributed by atoms with Gasteiger partial charge in [0.25, 0.3) is 0 Å². The quantitative estimate of drug-likeness (QED) is 0.0456. The second-order valence-electron chi connectivity index (χ2n) is 9.10. The Bertz CT molecular complexity index is 820. The van der Waals surface area contributed by atoms with Gasteiger partial charge < -0.3 is 49.1 Å². The Hall–Kier alpha value is -3.46. The van der Waals surface area contributed by atoms with Gasteiger partial charge in [0.2, 0.25) is 17.7 Å². The summed E-state index contributed by atoms with van der Waals surface area (Å²) in [5, 5.41) is 25.7. The zero-order valence-electron chi connectivity index (χ0n) is 22.2. The number of rotatable bonds is 20. The zero-order valence-corrected chi connectivity index (χ0v) is 22.2. The molecular weight excluding hydrogens is 500 g/mol. The molecular formula is C23H44N8O7. The van der Waals surface area contributed by atoms with E-state index in [1.807, 2.05) is 6.92 Å². The molecule has 0 aliphatic heterocycles. The van der Waals surface area contributed by atoms with E-state index in [2.05, 4.69) is 20.9 Å². The summed E-state index contributed by atoms with van der Waals surface area (Å²) in [6.45, 7) is 4.22. The Kier molecular flexibility index (Phi) is 17.0. The molecule has 38 heavy (non-hydrogen) atoms. The molecule has 0 aromatic carbocycles. The lowest BCUT2D eigenvalue weighted by molar-refractivity contribution is -0.143.